The molecule has 3 aromatic carbocycles. The van der Waals surface area contributed by atoms with E-state index in [2.05, 4.69) is 5.32 Å². The molecule has 0 spiro atoms. The maximum atomic E-state index is 14.4. The van der Waals surface area contributed by atoms with Gasteiger partial charge in [-0.3, -0.25) is 9.69 Å². The van der Waals surface area contributed by atoms with Crippen LogP contribution in [-0.4, -0.2) is 51.3 Å². The zero-order chi connectivity index (χ0) is 27.9. The van der Waals surface area contributed by atoms with E-state index in [0.717, 1.165) is 47.6 Å². The van der Waals surface area contributed by atoms with Gasteiger partial charge in [0.05, 0.1) is 12.6 Å². The summed E-state index contributed by atoms with van der Waals surface area (Å²) in [7, 11) is 0. The molecular formula is C34H40N2O4. The van der Waals surface area contributed by atoms with Crippen molar-refractivity contribution >= 4 is 22.8 Å². The zero-order valence-electron chi connectivity index (χ0n) is 23.2. The Labute approximate surface area is 236 Å². The van der Waals surface area contributed by atoms with Crippen molar-refractivity contribution in [1.29, 1.82) is 0 Å². The SMILES string of the molecule is CC(Cc1cccc2ccccc12)(C(=O)NC(CO)Cc1ccccc1)N(C(=O)O)C1C2CC3CC(C2)CC1C3. The number of hydrogen-bond acceptors (Lipinski definition) is 3. The van der Waals surface area contributed by atoms with E-state index >= 15 is 0 Å². The van der Waals surface area contributed by atoms with E-state index in [9.17, 15) is 19.8 Å². The minimum Gasteiger partial charge on any atom is -0.465 e. The first-order valence-corrected chi connectivity index (χ1v) is 14.8. The average molecular weight is 541 g/mol. The van der Waals surface area contributed by atoms with Crippen LogP contribution in [0.4, 0.5) is 4.79 Å². The Morgan fingerprint density at radius 3 is 2.17 bits per heavy atom. The quantitative estimate of drug-likeness (QED) is 0.326. The van der Waals surface area contributed by atoms with Crippen LogP contribution < -0.4 is 5.32 Å². The molecule has 3 aromatic rings. The lowest BCUT2D eigenvalue weighted by Gasteiger charge is -2.59. The molecule has 0 heterocycles. The van der Waals surface area contributed by atoms with Gasteiger partial charge >= 0.3 is 6.09 Å². The smallest absolute Gasteiger partial charge is 0.408 e. The van der Waals surface area contributed by atoms with Gasteiger partial charge in [-0.2, -0.15) is 0 Å². The molecule has 3 N–H and O–H groups in total. The number of aliphatic hydroxyl groups excluding tert-OH is 1. The molecular weight excluding hydrogens is 500 g/mol. The van der Waals surface area contributed by atoms with Gasteiger partial charge in [0.15, 0.2) is 0 Å². The topological polar surface area (TPSA) is 89.9 Å². The van der Waals surface area contributed by atoms with Gasteiger partial charge in [-0.15, -0.1) is 0 Å². The number of carboxylic acid groups (broad SMARTS) is 1. The van der Waals surface area contributed by atoms with Crippen LogP contribution in [0.1, 0.15) is 50.2 Å². The van der Waals surface area contributed by atoms with Gasteiger partial charge in [-0.25, -0.2) is 4.79 Å². The summed E-state index contributed by atoms with van der Waals surface area (Å²) in [5, 5.41) is 26.3. The highest BCUT2D eigenvalue weighted by molar-refractivity contribution is 5.92. The number of fused-ring (bicyclic) bond motifs is 1. The molecule has 210 valence electrons. The second-order valence-corrected chi connectivity index (χ2v) is 12.7. The summed E-state index contributed by atoms with van der Waals surface area (Å²) >= 11 is 0. The van der Waals surface area contributed by atoms with Crippen LogP contribution in [0, 0.1) is 23.7 Å². The van der Waals surface area contributed by atoms with E-state index < -0.39 is 17.7 Å². The molecule has 2 amide bonds. The second-order valence-electron chi connectivity index (χ2n) is 12.7. The monoisotopic (exact) mass is 540 g/mol. The first kappa shape index (κ1) is 26.8. The number of carbonyl (C=O) groups is 2. The van der Waals surface area contributed by atoms with Gasteiger partial charge in [0.2, 0.25) is 5.91 Å². The van der Waals surface area contributed by atoms with Crippen LogP contribution in [-0.2, 0) is 17.6 Å². The van der Waals surface area contributed by atoms with Gasteiger partial charge in [-0.1, -0.05) is 72.8 Å². The predicted molar refractivity (Wildman–Crippen MR) is 156 cm³/mol. The van der Waals surface area contributed by atoms with Crippen molar-refractivity contribution in [3.05, 3.63) is 83.9 Å². The number of benzene rings is 3. The number of hydrogen-bond donors (Lipinski definition) is 3. The summed E-state index contributed by atoms with van der Waals surface area (Å²) in [5.41, 5.74) is 0.614. The molecule has 6 nitrogen and oxygen atoms in total. The Balaban J connectivity index is 1.38. The summed E-state index contributed by atoms with van der Waals surface area (Å²) in [4.78, 5) is 29.2. The number of nitrogens with zero attached hydrogens (tertiary/aromatic N) is 1. The van der Waals surface area contributed by atoms with Gasteiger partial charge in [-0.05, 0) is 91.0 Å². The third-order valence-electron chi connectivity index (χ3n) is 10.00. The fraction of sp³-hybridized carbons (Fsp3) is 0.471. The largest absolute Gasteiger partial charge is 0.465 e. The highest BCUT2D eigenvalue weighted by Crippen LogP contribution is 2.56. The fourth-order valence-corrected chi connectivity index (χ4v) is 8.48. The molecule has 6 heteroatoms. The number of nitrogens with one attached hydrogen (secondary N) is 1. The standard InChI is InChI=1S/C34H40N2O4/c1-34(20-26-12-7-11-25-10-5-6-13-30(25)26,32(38)35-29(21-37)19-22-8-3-2-4-9-22)36(33(39)40)31-27-15-23-14-24(17-27)18-28(31)16-23/h2-13,23-24,27-29,31,37H,14-21H2,1H3,(H,35,38)(H,39,40). The minimum atomic E-state index is -1.35. The summed E-state index contributed by atoms with van der Waals surface area (Å²) in [6.45, 7) is 1.58. The van der Waals surface area contributed by atoms with Crippen molar-refractivity contribution in [2.24, 2.45) is 23.7 Å². The first-order chi connectivity index (χ1) is 19.4. The van der Waals surface area contributed by atoms with Crippen LogP contribution in [0.5, 0.6) is 0 Å². The van der Waals surface area contributed by atoms with Gasteiger partial charge in [0, 0.05) is 12.5 Å². The minimum absolute atomic E-state index is 0.169. The maximum Gasteiger partial charge on any atom is 0.408 e. The van der Waals surface area contributed by atoms with E-state index in [-0.39, 0.29) is 25.0 Å². The Morgan fingerprint density at radius 1 is 0.900 bits per heavy atom. The molecule has 0 aliphatic heterocycles. The van der Waals surface area contributed by atoms with Crippen LogP contribution >= 0.6 is 0 Å². The fourth-order valence-electron chi connectivity index (χ4n) is 8.48. The van der Waals surface area contributed by atoms with Gasteiger partial charge in [0.25, 0.3) is 0 Å². The highest BCUT2D eigenvalue weighted by Gasteiger charge is 2.56. The van der Waals surface area contributed by atoms with E-state index in [1.54, 1.807) is 11.8 Å². The summed E-state index contributed by atoms with van der Waals surface area (Å²) < 4.78 is 0. The first-order valence-electron chi connectivity index (χ1n) is 14.8. The molecule has 4 saturated carbocycles. The van der Waals surface area contributed by atoms with E-state index in [1.807, 2.05) is 72.8 Å². The van der Waals surface area contributed by atoms with Crippen LogP contribution in [0.25, 0.3) is 10.8 Å². The normalized spacial score (nSPS) is 27.2. The molecule has 7 rings (SSSR count). The number of rotatable bonds is 9. The molecule has 0 radical (unpaired) electrons. The number of amides is 2. The van der Waals surface area contributed by atoms with Gasteiger partial charge in [0.1, 0.15) is 5.54 Å². The van der Waals surface area contributed by atoms with Crippen LogP contribution in [0.2, 0.25) is 0 Å². The Kier molecular flexibility index (Phi) is 7.30. The van der Waals surface area contributed by atoms with Gasteiger partial charge < -0.3 is 15.5 Å². The summed E-state index contributed by atoms with van der Waals surface area (Å²) in [6.07, 6.45) is 5.21. The van der Waals surface area contributed by atoms with E-state index in [1.165, 1.54) is 6.42 Å². The van der Waals surface area contributed by atoms with E-state index in [4.69, 9.17) is 0 Å². The van der Waals surface area contributed by atoms with Crippen molar-refractivity contribution < 1.29 is 19.8 Å². The molecule has 4 aliphatic rings. The maximum absolute atomic E-state index is 14.4. The van der Waals surface area contributed by atoms with Crippen molar-refractivity contribution in [2.75, 3.05) is 6.61 Å². The average Bonchev–Trinajstić information content (AvgIpc) is 2.94. The van der Waals surface area contributed by atoms with Crippen LogP contribution in [0.3, 0.4) is 0 Å². The molecule has 2 atom stereocenters. The summed E-state index contributed by atoms with van der Waals surface area (Å²) in [6, 6.07) is 23.2. The van der Waals surface area contributed by atoms with Crippen molar-refractivity contribution in [2.45, 2.75) is 69.5 Å². The Morgan fingerprint density at radius 2 is 1.52 bits per heavy atom. The molecule has 4 fully saturated rings. The lowest BCUT2D eigenvalue weighted by Crippen LogP contribution is -2.69. The lowest BCUT2D eigenvalue weighted by atomic mass is 9.53. The Hall–Kier alpha value is -3.38. The number of carbonyl (C=O) groups excluding carboxylic acids is 1. The third kappa shape index (κ3) is 4.98. The molecule has 4 aliphatic carbocycles. The predicted octanol–water partition coefficient (Wildman–Crippen LogP) is 5.67. The van der Waals surface area contributed by atoms with E-state index in [0.29, 0.717) is 30.1 Å². The van der Waals surface area contributed by atoms with Crippen molar-refractivity contribution in [3.8, 4) is 0 Å². The van der Waals surface area contributed by atoms with Crippen molar-refractivity contribution in [3.63, 3.8) is 0 Å². The molecule has 40 heavy (non-hydrogen) atoms. The molecule has 0 aromatic heterocycles. The molecule has 0 saturated heterocycles. The second kappa shape index (κ2) is 10.9. The molecule has 4 bridgehead atoms. The Bertz CT molecular complexity index is 1340. The van der Waals surface area contributed by atoms with Crippen molar-refractivity contribution in [1.82, 2.24) is 10.2 Å². The van der Waals surface area contributed by atoms with Crippen LogP contribution in [0.15, 0.2) is 72.8 Å². The third-order valence-corrected chi connectivity index (χ3v) is 10.00. The number of aliphatic hydroxyl groups is 1. The highest BCUT2D eigenvalue weighted by atomic mass is 16.4. The summed E-state index contributed by atoms with van der Waals surface area (Å²) in [5.74, 6) is 1.64. The lowest BCUT2D eigenvalue weighted by molar-refractivity contribution is -0.141. The zero-order valence-corrected chi connectivity index (χ0v) is 23.2. The molecule has 2 unspecified atom stereocenters.